The summed E-state index contributed by atoms with van der Waals surface area (Å²) in [6.07, 6.45) is 0. The van der Waals surface area contributed by atoms with Crippen LogP contribution in [0.15, 0.2) is 18.2 Å². The maximum Gasteiger partial charge on any atom is 0.256 e. The van der Waals surface area contributed by atoms with Crippen molar-refractivity contribution in [2.24, 2.45) is 0 Å². The molecule has 1 amide bonds. The SMILES string of the molecule is CCN1CCN(C(=O)c2cc(C#CCO)ccc2F)CC1. The molecular weight excluding hydrogens is 271 g/mol. The fourth-order valence-electron chi connectivity index (χ4n) is 2.35. The fourth-order valence-corrected chi connectivity index (χ4v) is 2.35. The Morgan fingerprint density at radius 3 is 2.67 bits per heavy atom. The molecule has 0 radical (unpaired) electrons. The van der Waals surface area contributed by atoms with Crippen LogP contribution >= 0.6 is 0 Å². The predicted molar refractivity (Wildman–Crippen MR) is 78.4 cm³/mol. The van der Waals surface area contributed by atoms with Crippen molar-refractivity contribution >= 4 is 5.91 Å². The van der Waals surface area contributed by atoms with E-state index in [0.29, 0.717) is 18.7 Å². The highest BCUT2D eigenvalue weighted by atomic mass is 19.1. The molecule has 0 aromatic heterocycles. The van der Waals surface area contributed by atoms with Crippen molar-refractivity contribution in [3.63, 3.8) is 0 Å². The summed E-state index contributed by atoms with van der Waals surface area (Å²) in [7, 11) is 0. The number of halogens is 1. The van der Waals surface area contributed by atoms with Gasteiger partial charge in [-0.15, -0.1) is 0 Å². The Balaban J connectivity index is 2.15. The van der Waals surface area contributed by atoms with Gasteiger partial charge in [0.25, 0.3) is 5.91 Å². The van der Waals surface area contributed by atoms with E-state index in [2.05, 4.69) is 23.7 Å². The molecule has 112 valence electrons. The van der Waals surface area contributed by atoms with E-state index >= 15 is 0 Å². The third-order valence-electron chi connectivity index (χ3n) is 3.62. The number of carbonyl (C=O) groups is 1. The molecular formula is C16H19FN2O2. The summed E-state index contributed by atoms with van der Waals surface area (Å²) in [5, 5.41) is 8.69. The molecule has 0 bridgehead atoms. The second-order valence-corrected chi connectivity index (χ2v) is 4.88. The van der Waals surface area contributed by atoms with Crippen molar-refractivity contribution in [3.8, 4) is 11.8 Å². The van der Waals surface area contributed by atoms with Gasteiger partial charge in [-0.2, -0.15) is 0 Å². The number of rotatable bonds is 2. The first-order valence-corrected chi connectivity index (χ1v) is 7.06. The quantitative estimate of drug-likeness (QED) is 0.825. The van der Waals surface area contributed by atoms with Gasteiger partial charge in [-0.05, 0) is 24.7 Å². The number of amides is 1. The van der Waals surface area contributed by atoms with Gasteiger partial charge in [0.2, 0.25) is 0 Å². The van der Waals surface area contributed by atoms with Gasteiger partial charge < -0.3 is 14.9 Å². The van der Waals surface area contributed by atoms with Crippen molar-refractivity contribution in [2.45, 2.75) is 6.92 Å². The summed E-state index contributed by atoms with van der Waals surface area (Å²) in [6, 6.07) is 4.20. The first kappa shape index (κ1) is 15.5. The lowest BCUT2D eigenvalue weighted by molar-refractivity contribution is 0.0639. The summed E-state index contributed by atoms with van der Waals surface area (Å²) in [6.45, 7) is 5.63. The third kappa shape index (κ3) is 3.81. The summed E-state index contributed by atoms with van der Waals surface area (Å²) in [5.74, 6) is 4.35. The van der Waals surface area contributed by atoms with E-state index in [-0.39, 0.29) is 18.1 Å². The maximum absolute atomic E-state index is 13.9. The van der Waals surface area contributed by atoms with E-state index in [1.165, 1.54) is 18.2 Å². The lowest BCUT2D eigenvalue weighted by atomic mass is 10.1. The van der Waals surface area contributed by atoms with E-state index in [0.717, 1.165) is 19.6 Å². The number of benzene rings is 1. The van der Waals surface area contributed by atoms with E-state index in [1.54, 1.807) is 4.90 Å². The van der Waals surface area contributed by atoms with Crippen LogP contribution in [0.3, 0.4) is 0 Å². The molecule has 1 heterocycles. The average molecular weight is 290 g/mol. The van der Waals surface area contributed by atoms with E-state index < -0.39 is 5.82 Å². The van der Waals surface area contributed by atoms with Crippen molar-refractivity contribution < 1.29 is 14.3 Å². The maximum atomic E-state index is 13.9. The number of aliphatic hydroxyl groups excluding tert-OH is 1. The van der Waals surface area contributed by atoms with Crippen LogP contribution in [-0.4, -0.2) is 60.1 Å². The second kappa shape index (κ2) is 7.21. The Bertz CT molecular complexity index is 569. The minimum atomic E-state index is -0.535. The molecule has 1 aromatic rings. The van der Waals surface area contributed by atoms with Crippen molar-refractivity contribution in [3.05, 3.63) is 35.1 Å². The second-order valence-electron chi connectivity index (χ2n) is 4.88. The molecule has 0 saturated carbocycles. The molecule has 1 aromatic carbocycles. The Kier molecular flexibility index (Phi) is 5.32. The van der Waals surface area contributed by atoms with E-state index in [4.69, 9.17) is 5.11 Å². The summed E-state index contributed by atoms with van der Waals surface area (Å²) in [5.41, 5.74) is 0.575. The Hall–Kier alpha value is -1.90. The summed E-state index contributed by atoms with van der Waals surface area (Å²) < 4.78 is 13.9. The standard InChI is InChI=1S/C16H19FN2O2/c1-2-18-7-9-19(10-8-18)16(21)14-12-13(4-3-11-20)5-6-15(14)17/h5-6,12,20H,2,7-11H2,1H3. The molecule has 1 N–H and O–H groups in total. The van der Waals surface area contributed by atoms with Gasteiger partial charge in [0.15, 0.2) is 0 Å². The van der Waals surface area contributed by atoms with E-state index in [9.17, 15) is 9.18 Å². The first-order chi connectivity index (χ1) is 10.2. The van der Waals surface area contributed by atoms with Gasteiger partial charge in [0.05, 0.1) is 5.56 Å². The van der Waals surface area contributed by atoms with Crippen LogP contribution in [0.1, 0.15) is 22.8 Å². The number of nitrogens with zero attached hydrogens (tertiary/aromatic N) is 2. The number of hydrogen-bond acceptors (Lipinski definition) is 3. The molecule has 21 heavy (non-hydrogen) atoms. The number of carbonyl (C=O) groups excluding carboxylic acids is 1. The van der Waals surface area contributed by atoms with Gasteiger partial charge >= 0.3 is 0 Å². The van der Waals surface area contributed by atoms with Crippen LogP contribution in [-0.2, 0) is 0 Å². The average Bonchev–Trinajstić information content (AvgIpc) is 2.53. The largest absolute Gasteiger partial charge is 0.384 e. The number of piperazine rings is 1. The molecule has 0 spiro atoms. The lowest BCUT2D eigenvalue weighted by Gasteiger charge is -2.34. The zero-order chi connectivity index (χ0) is 15.2. The Morgan fingerprint density at radius 1 is 1.33 bits per heavy atom. The molecule has 0 unspecified atom stereocenters. The molecule has 1 aliphatic rings. The summed E-state index contributed by atoms with van der Waals surface area (Å²) in [4.78, 5) is 16.3. The van der Waals surface area contributed by atoms with Crippen molar-refractivity contribution in [1.29, 1.82) is 0 Å². The van der Waals surface area contributed by atoms with Gasteiger partial charge in [-0.3, -0.25) is 4.79 Å². The van der Waals surface area contributed by atoms with Crippen molar-refractivity contribution in [2.75, 3.05) is 39.3 Å². The predicted octanol–water partition coefficient (Wildman–Crippen LogP) is 0.947. The number of hydrogen-bond donors (Lipinski definition) is 1. The monoisotopic (exact) mass is 290 g/mol. The fraction of sp³-hybridized carbons (Fsp3) is 0.438. The van der Waals surface area contributed by atoms with Crippen LogP contribution in [0.4, 0.5) is 4.39 Å². The Morgan fingerprint density at radius 2 is 2.05 bits per heavy atom. The minimum absolute atomic E-state index is 0.0460. The third-order valence-corrected chi connectivity index (χ3v) is 3.62. The number of aliphatic hydroxyl groups is 1. The van der Waals surface area contributed by atoms with Gasteiger partial charge in [0.1, 0.15) is 12.4 Å². The molecule has 4 nitrogen and oxygen atoms in total. The molecule has 1 saturated heterocycles. The summed E-state index contributed by atoms with van der Waals surface area (Å²) >= 11 is 0. The minimum Gasteiger partial charge on any atom is -0.384 e. The molecule has 0 aliphatic carbocycles. The van der Waals surface area contributed by atoms with Gasteiger partial charge in [-0.1, -0.05) is 18.8 Å². The van der Waals surface area contributed by atoms with Crippen LogP contribution in [0.25, 0.3) is 0 Å². The Labute approximate surface area is 124 Å². The molecule has 2 rings (SSSR count). The van der Waals surface area contributed by atoms with Crippen LogP contribution in [0.2, 0.25) is 0 Å². The van der Waals surface area contributed by atoms with Crippen LogP contribution in [0.5, 0.6) is 0 Å². The van der Waals surface area contributed by atoms with Gasteiger partial charge in [-0.25, -0.2) is 4.39 Å². The van der Waals surface area contributed by atoms with Crippen molar-refractivity contribution in [1.82, 2.24) is 9.80 Å². The van der Waals surface area contributed by atoms with Gasteiger partial charge in [0, 0.05) is 31.7 Å². The zero-order valence-electron chi connectivity index (χ0n) is 12.1. The molecule has 1 aliphatic heterocycles. The molecule has 1 fully saturated rings. The zero-order valence-corrected chi connectivity index (χ0v) is 12.1. The normalized spacial score (nSPS) is 15.5. The first-order valence-electron chi connectivity index (χ1n) is 7.06. The lowest BCUT2D eigenvalue weighted by Crippen LogP contribution is -2.48. The molecule has 0 atom stereocenters. The van der Waals surface area contributed by atoms with Crippen LogP contribution in [0, 0.1) is 17.7 Å². The highest BCUT2D eigenvalue weighted by molar-refractivity contribution is 5.95. The topological polar surface area (TPSA) is 43.8 Å². The van der Waals surface area contributed by atoms with E-state index in [1.807, 2.05) is 0 Å². The smallest absolute Gasteiger partial charge is 0.256 e. The molecule has 5 heteroatoms. The number of likely N-dealkylation sites (N-methyl/N-ethyl adjacent to an activating group) is 1. The highest BCUT2D eigenvalue weighted by Crippen LogP contribution is 2.14. The highest BCUT2D eigenvalue weighted by Gasteiger charge is 2.23. The van der Waals surface area contributed by atoms with Crippen LogP contribution < -0.4 is 0 Å².